The van der Waals surface area contributed by atoms with E-state index >= 15 is 0 Å². The Bertz CT molecular complexity index is 322. The Balaban J connectivity index is 3.08. The summed E-state index contributed by atoms with van der Waals surface area (Å²) in [7, 11) is -1.77. The van der Waals surface area contributed by atoms with E-state index in [1.54, 1.807) is 0 Å². The van der Waals surface area contributed by atoms with Crippen molar-refractivity contribution in [2.75, 3.05) is 0 Å². The first-order chi connectivity index (χ1) is 7.37. The first-order valence-electron chi connectivity index (χ1n) is 5.49. The van der Waals surface area contributed by atoms with E-state index in [1.165, 1.54) is 5.19 Å². The van der Waals surface area contributed by atoms with E-state index in [0.29, 0.717) is 6.04 Å². The van der Waals surface area contributed by atoms with Crippen LogP contribution in [-0.2, 0) is 0 Å². The molecule has 0 spiro atoms. The minimum atomic E-state index is -1.77. The lowest BCUT2D eigenvalue weighted by atomic mass is 10.3. The molecule has 0 N–H and O–H groups in total. The molecule has 1 aromatic carbocycles. The van der Waals surface area contributed by atoms with Gasteiger partial charge < -0.3 is 4.48 Å². The number of rotatable bonds is 4. The van der Waals surface area contributed by atoms with Crippen molar-refractivity contribution in [3.8, 4) is 0 Å². The van der Waals surface area contributed by atoms with Gasteiger partial charge in [-0.25, -0.2) is 0 Å². The summed E-state index contributed by atoms with van der Waals surface area (Å²) >= 11 is 12.2. The normalized spacial score (nSPS) is 12.2. The Morgan fingerprint density at radius 2 is 1.62 bits per heavy atom. The highest BCUT2D eigenvalue weighted by atomic mass is 35.5. The summed E-state index contributed by atoms with van der Waals surface area (Å²) < 4.78 is 2.23. The van der Waals surface area contributed by atoms with Crippen molar-refractivity contribution in [2.24, 2.45) is 0 Å². The molecule has 0 saturated heterocycles. The molecular weight excluding hydrogens is 256 g/mol. The minimum absolute atomic E-state index is 0.349. The molecule has 0 saturated carbocycles. The summed E-state index contributed by atoms with van der Waals surface area (Å²) in [6, 6.07) is 10.9. The molecule has 0 atom stereocenters. The predicted octanol–water partition coefficient (Wildman–Crippen LogP) is 3.27. The molecular formula is C11H18BCl2NSi. The number of nitrogens with zero attached hydrogens (tertiary/aromatic N) is 1. The summed E-state index contributed by atoms with van der Waals surface area (Å²) in [6.07, 6.45) is 0. The largest absolute Gasteiger partial charge is 0.428 e. The molecule has 0 radical (unpaired) electrons. The van der Waals surface area contributed by atoms with Crippen LogP contribution >= 0.6 is 22.9 Å². The Kier molecular flexibility index (Phi) is 4.92. The molecule has 0 aliphatic rings. The third-order valence-electron chi connectivity index (χ3n) is 2.89. The lowest BCUT2D eigenvalue weighted by Gasteiger charge is -2.40. The Labute approximate surface area is 110 Å². The Morgan fingerprint density at radius 3 is 2.00 bits per heavy atom. The second-order valence-electron chi connectivity index (χ2n) is 4.70. The molecule has 16 heavy (non-hydrogen) atoms. The van der Waals surface area contributed by atoms with Gasteiger partial charge in [0, 0.05) is 0 Å². The van der Waals surface area contributed by atoms with Crippen LogP contribution in [0.2, 0.25) is 13.1 Å². The molecule has 0 heterocycles. The lowest BCUT2D eigenvalue weighted by molar-refractivity contribution is 0.535. The van der Waals surface area contributed by atoms with Gasteiger partial charge in [0.25, 0.3) is 0 Å². The van der Waals surface area contributed by atoms with Crippen molar-refractivity contribution in [1.29, 1.82) is 0 Å². The maximum Gasteiger partial charge on any atom is 0.428 e. The van der Waals surface area contributed by atoms with E-state index in [4.69, 9.17) is 22.9 Å². The number of halogens is 2. The summed E-state index contributed by atoms with van der Waals surface area (Å²) in [6.45, 7) is 8.82. The topological polar surface area (TPSA) is 3.24 Å². The maximum absolute atomic E-state index is 6.10. The smallest absolute Gasteiger partial charge is 0.331 e. The molecule has 0 bridgehead atoms. The van der Waals surface area contributed by atoms with Crippen LogP contribution in [0.4, 0.5) is 0 Å². The second-order valence-corrected chi connectivity index (χ2v) is 9.97. The number of hydrogen-bond donors (Lipinski definition) is 0. The highest BCUT2D eigenvalue weighted by Crippen LogP contribution is 2.20. The highest BCUT2D eigenvalue weighted by Gasteiger charge is 2.38. The number of hydrogen-bond acceptors (Lipinski definition) is 1. The molecule has 0 amide bonds. The molecule has 0 unspecified atom stereocenters. The molecule has 0 aromatic heterocycles. The van der Waals surface area contributed by atoms with Crippen molar-refractivity contribution >= 4 is 42.0 Å². The van der Waals surface area contributed by atoms with E-state index in [2.05, 4.69) is 55.7 Å². The fraction of sp³-hybridized carbons (Fsp3) is 0.455. The van der Waals surface area contributed by atoms with Crippen molar-refractivity contribution in [1.82, 2.24) is 4.48 Å². The molecule has 0 aliphatic carbocycles. The van der Waals surface area contributed by atoms with E-state index in [9.17, 15) is 0 Å². The monoisotopic (exact) mass is 273 g/mol. The Hall–Kier alpha value is 0.0418. The lowest BCUT2D eigenvalue weighted by Crippen LogP contribution is -2.63. The van der Waals surface area contributed by atoms with Crippen LogP contribution in [0.3, 0.4) is 0 Å². The summed E-state index contributed by atoms with van der Waals surface area (Å²) in [5.74, 6) is 0. The molecule has 1 nitrogen and oxygen atoms in total. The van der Waals surface area contributed by atoms with E-state index in [0.717, 1.165) is 0 Å². The Morgan fingerprint density at radius 1 is 1.12 bits per heavy atom. The van der Waals surface area contributed by atoms with Crippen LogP contribution in [0.15, 0.2) is 30.3 Å². The summed E-state index contributed by atoms with van der Waals surface area (Å²) in [5.41, 5.74) is -0.443. The molecule has 1 aromatic rings. The van der Waals surface area contributed by atoms with Crippen LogP contribution in [0.25, 0.3) is 0 Å². The van der Waals surface area contributed by atoms with Crippen molar-refractivity contribution < 1.29 is 0 Å². The molecule has 1 rings (SSSR count). The zero-order valence-corrected chi connectivity index (χ0v) is 12.8. The molecule has 0 aliphatic heterocycles. The van der Waals surface area contributed by atoms with E-state index in [-0.39, 0.29) is 0 Å². The van der Waals surface area contributed by atoms with Gasteiger partial charge in [0.1, 0.15) is 8.24 Å². The average molecular weight is 274 g/mol. The first kappa shape index (κ1) is 14.1. The third-order valence-corrected chi connectivity index (χ3v) is 7.45. The molecule has 0 fully saturated rings. The fourth-order valence-electron chi connectivity index (χ4n) is 2.11. The SMILES string of the molecule is CC(C)N(B(Cl)Cl)[Si](C)(C)c1ccccc1. The van der Waals surface area contributed by atoms with Crippen LogP contribution in [0.1, 0.15) is 13.8 Å². The van der Waals surface area contributed by atoms with Gasteiger partial charge in [-0.15, -0.1) is 22.9 Å². The van der Waals surface area contributed by atoms with Crippen LogP contribution in [0.5, 0.6) is 0 Å². The summed E-state index contributed by atoms with van der Waals surface area (Å²) in [5, 5.41) is 1.36. The second kappa shape index (κ2) is 5.59. The molecule has 88 valence electrons. The zero-order chi connectivity index (χ0) is 12.3. The molecule has 5 heteroatoms. The summed E-state index contributed by atoms with van der Waals surface area (Å²) in [4.78, 5) is 0. The van der Waals surface area contributed by atoms with Crippen molar-refractivity contribution in [3.63, 3.8) is 0 Å². The van der Waals surface area contributed by atoms with Gasteiger partial charge in [0.15, 0.2) is 0 Å². The first-order valence-corrected chi connectivity index (χ1v) is 9.31. The maximum atomic E-state index is 6.10. The number of benzene rings is 1. The van der Waals surface area contributed by atoms with Gasteiger partial charge >= 0.3 is 5.68 Å². The van der Waals surface area contributed by atoms with Gasteiger partial charge in [-0.1, -0.05) is 57.3 Å². The van der Waals surface area contributed by atoms with Gasteiger partial charge in [-0.3, -0.25) is 0 Å². The van der Waals surface area contributed by atoms with Gasteiger partial charge in [0.2, 0.25) is 0 Å². The van der Waals surface area contributed by atoms with Gasteiger partial charge in [0.05, 0.1) is 0 Å². The third kappa shape index (κ3) is 3.04. The fourth-order valence-corrected chi connectivity index (χ4v) is 7.11. The van der Waals surface area contributed by atoms with Crippen LogP contribution in [-0.4, -0.2) is 24.4 Å². The zero-order valence-electron chi connectivity index (χ0n) is 10.2. The van der Waals surface area contributed by atoms with Gasteiger partial charge in [-0.05, 0) is 11.2 Å². The predicted molar refractivity (Wildman–Crippen MR) is 78.0 cm³/mol. The van der Waals surface area contributed by atoms with E-state index in [1.807, 2.05) is 6.07 Å². The van der Waals surface area contributed by atoms with Crippen molar-refractivity contribution in [3.05, 3.63) is 30.3 Å². The quantitative estimate of drug-likeness (QED) is 0.762. The van der Waals surface area contributed by atoms with E-state index < -0.39 is 13.9 Å². The van der Waals surface area contributed by atoms with Crippen LogP contribution in [0, 0.1) is 0 Å². The van der Waals surface area contributed by atoms with Crippen LogP contribution < -0.4 is 5.19 Å². The highest BCUT2D eigenvalue weighted by molar-refractivity contribution is 7.35. The van der Waals surface area contributed by atoms with Crippen molar-refractivity contribution in [2.45, 2.75) is 33.0 Å². The standard InChI is InChI=1S/C11H18BCl2NSi/c1-10(2)15(12(13)14)16(3,4)11-8-6-5-7-9-11/h5-10H,1-4H3. The van der Waals surface area contributed by atoms with Gasteiger partial charge in [-0.2, -0.15) is 0 Å². The average Bonchev–Trinajstić information content (AvgIpc) is 2.17. The minimum Gasteiger partial charge on any atom is -0.331 e.